The van der Waals surface area contributed by atoms with Crippen LogP contribution in [0.25, 0.3) is 0 Å². The second-order valence-electron chi connectivity index (χ2n) is 3.67. The first-order chi connectivity index (χ1) is 7.16. The van der Waals surface area contributed by atoms with Crippen molar-refractivity contribution in [1.29, 1.82) is 0 Å². The van der Waals surface area contributed by atoms with Crippen molar-refractivity contribution in [3.8, 4) is 0 Å². The first-order valence-corrected chi connectivity index (χ1v) is 4.81. The lowest BCUT2D eigenvalue weighted by molar-refractivity contribution is -0.119. The Labute approximate surface area is 86.3 Å². The van der Waals surface area contributed by atoms with Gasteiger partial charge >= 0.3 is 0 Å². The Morgan fingerprint density at radius 1 is 1.27 bits per heavy atom. The quantitative estimate of drug-likeness (QED) is 0.798. The fourth-order valence-electron chi connectivity index (χ4n) is 1.75. The zero-order chi connectivity index (χ0) is 10.8. The predicted octanol–water partition coefficient (Wildman–Crippen LogP) is 2.23. The molecule has 0 aliphatic carbocycles. The summed E-state index contributed by atoms with van der Waals surface area (Å²) in [5, 5.41) is 2.72. The van der Waals surface area contributed by atoms with Gasteiger partial charge < -0.3 is 5.32 Å². The van der Waals surface area contributed by atoms with Gasteiger partial charge in [-0.1, -0.05) is 24.3 Å². The third kappa shape index (κ3) is 2.14. The minimum Gasteiger partial charge on any atom is -0.355 e. The van der Waals surface area contributed by atoms with E-state index in [0.717, 1.165) is 5.56 Å². The van der Waals surface area contributed by atoms with Crippen LogP contribution in [-0.2, 0) is 4.79 Å². The van der Waals surface area contributed by atoms with Crippen LogP contribution >= 0.6 is 0 Å². The fraction of sp³-hybridized carbons (Fsp3) is 0.364. The molecular weight excluding hydrogens is 200 g/mol. The second-order valence-corrected chi connectivity index (χ2v) is 3.67. The largest absolute Gasteiger partial charge is 0.355 e. The van der Waals surface area contributed by atoms with Crippen LogP contribution in [0.15, 0.2) is 24.3 Å². The summed E-state index contributed by atoms with van der Waals surface area (Å²) in [7, 11) is 0. The number of carbonyl (C=O) groups is 1. The number of carbonyl (C=O) groups excluding carboxylic acids is 1. The molecule has 1 aromatic carbocycles. The van der Waals surface area contributed by atoms with Crippen molar-refractivity contribution in [2.75, 3.05) is 6.54 Å². The van der Waals surface area contributed by atoms with E-state index in [4.69, 9.17) is 0 Å². The maximum atomic E-state index is 12.3. The van der Waals surface area contributed by atoms with Gasteiger partial charge in [0, 0.05) is 24.4 Å². The van der Waals surface area contributed by atoms with Gasteiger partial charge in [-0.3, -0.25) is 4.79 Å². The molecule has 1 saturated heterocycles. The van der Waals surface area contributed by atoms with E-state index in [1.54, 1.807) is 12.1 Å². The average molecular weight is 211 g/mol. The summed E-state index contributed by atoms with van der Waals surface area (Å²) in [4.78, 5) is 11.0. The van der Waals surface area contributed by atoms with E-state index in [2.05, 4.69) is 5.32 Å². The SMILES string of the molecule is O=C1CC(c2ccc(C(F)F)cc2)CN1. The van der Waals surface area contributed by atoms with E-state index in [-0.39, 0.29) is 17.4 Å². The Morgan fingerprint density at radius 3 is 2.40 bits per heavy atom. The fourth-order valence-corrected chi connectivity index (χ4v) is 1.75. The van der Waals surface area contributed by atoms with E-state index >= 15 is 0 Å². The number of amides is 1. The molecule has 1 unspecified atom stereocenters. The zero-order valence-corrected chi connectivity index (χ0v) is 8.04. The van der Waals surface area contributed by atoms with Crippen LogP contribution in [0.2, 0.25) is 0 Å². The summed E-state index contributed by atoms with van der Waals surface area (Å²) >= 11 is 0. The summed E-state index contributed by atoms with van der Waals surface area (Å²) in [5.74, 6) is 0.155. The van der Waals surface area contributed by atoms with Crippen molar-refractivity contribution in [3.05, 3.63) is 35.4 Å². The normalized spacial score (nSPS) is 20.7. The highest BCUT2D eigenvalue weighted by Crippen LogP contribution is 2.25. The van der Waals surface area contributed by atoms with Crippen LogP contribution in [0.4, 0.5) is 8.78 Å². The zero-order valence-electron chi connectivity index (χ0n) is 8.04. The molecular formula is C11H11F2NO. The molecule has 0 aromatic heterocycles. The Hall–Kier alpha value is -1.45. The summed E-state index contributed by atoms with van der Waals surface area (Å²) in [6.07, 6.45) is -1.98. The molecule has 1 fully saturated rings. The number of hydrogen-bond donors (Lipinski definition) is 1. The monoisotopic (exact) mass is 211 g/mol. The number of hydrogen-bond acceptors (Lipinski definition) is 1. The smallest absolute Gasteiger partial charge is 0.263 e. The molecule has 1 N–H and O–H groups in total. The Bertz CT molecular complexity index is 361. The molecule has 4 heteroatoms. The van der Waals surface area contributed by atoms with Crippen LogP contribution < -0.4 is 5.32 Å². The highest BCUT2D eigenvalue weighted by molar-refractivity contribution is 5.79. The molecule has 1 amide bonds. The molecule has 1 aliphatic heterocycles. The Morgan fingerprint density at radius 2 is 1.93 bits per heavy atom. The maximum Gasteiger partial charge on any atom is 0.263 e. The number of alkyl halides is 2. The molecule has 1 aromatic rings. The van der Waals surface area contributed by atoms with Gasteiger partial charge in [0.2, 0.25) is 5.91 Å². The number of rotatable bonds is 2. The number of nitrogens with one attached hydrogen (secondary N) is 1. The standard InChI is InChI=1S/C11H11F2NO/c12-11(13)8-3-1-7(2-4-8)9-5-10(15)14-6-9/h1-4,9,11H,5-6H2,(H,14,15). The second kappa shape index (κ2) is 3.96. The van der Waals surface area contributed by atoms with Gasteiger partial charge in [-0.05, 0) is 5.56 Å². The van der Waals surface area contributed by atoms with E-state index in [0.29, 0.717) is 13.0 Å². The summed E-state index contributed by atoms with van der Waals surface area (Å²) < 4.78 is 24.5. The first kappa shape index (κ1) is 10.1. The maximum absolute atomic E-state index is 12.3. The van der Waals surface area contributed by atoms with Gasteiger partial charge in [-0.25, -0.2) is 8.78 Å². The van der Waals surface area contributed by atoms with Crippen LogP contribution in [-0.4, -0.2) is 12.5 Å². The van der Waals surface area contributed by atoms with Crippen LogP contribution in [0.1, 0.15) is 29.9 Å². The molecule has 0 radical (unpaired) electrons. The van der Waals surface area contributed by atoms with E-state index < -0.39 is 6.43 Å². The third-order valence-corrected chi connectivity index (χ3v) is 2.64. The van der Waals surface area contributed by atoms with Gasteiger partial charge in [0.15, 0.2) is 0 Å². The van der Waals surface area contributed by atoms with Crippen molar-refractivity contribution in [2.45, 2.75) is 18.8 Å². The van der Waals surface area contributed by atoms with Crippen molar-refractivity contribution in [1.82, 2.24) is 5.32 Å². The molecule has 1 atom stereocenters. The molecule has 2 rings (SSSR count). The van der Waals surface area contributed by atoms with Gasteiger partial charge in [-0.2, -0.15) is 0 Å². The highest BCUT2D eigenvalue weighted by atomic mass is 19.3. The molecule has 0 spiro atoms. The molecule has 0 bridgehead atoms. The van der Waals surface area contributed by atoms with Crippen molar-refractivity contribution in [2.24, 2.45) is 0 Å². The number of halogens is 2. The summed E-state index contributed by atoms with van der Waals surface area (Å²) in [5.41, 5.74) is 0.966. The molecule has 15 heavy (non-hydrogen) atoms. The van der Waals surface area contributed by atoms with Gasteiger partial charge in [0.1, 0.15) is 0 Å². The van der Waals surface area contributed by atoms with Crippen molar-refractivity contribution >= 4 is 5.91 Å². The molecule has 1 aliphatic rings. The van der Waals surface area contributed by atoms with Gasteiger partial charge in [0.05, 0.1) is 0 Å². The first-order valence-electron chi connectivity index (χ1n) is 4.81. The molecule has 0 saturated carbocycles. The minimum absolute atomic E-state index is 0.0241. The van der Waals surface area contributed by atoms with E-state index in [1.807, 2.05) is 0 Å². The minimum atomic E-state index is -2.43. The van der Waals surface area contributed by atoms with Crippen molar-refractivity contribution in [3.63, 3.8) is 0 Å². The summed E-state index contributed by atoms with van der Waals surface area (Å²) in [6.45, 7) is 0.604. The number of benzene rings is 1. The lowest BCUT2D eigenvalue weighted by atomic mass is 9.97. The predicted molar refractivity (Wildman–Crippen MR) is 51.8 cm³/mol. The highest BCUT2D eigenvalue weighted by Gasteiger charge is 2.22. The average Bonchev–Trinajstić information content (AvgIpc) is 2.65. The molecule has 80 valence electrons. The summed E-state index contributed by atoms with van der Waals surface area (Å²) in [6, 6.07) is 6.18. The Balaban J connectivity index is 2.13. The van der Waals surface area contributed by atoms with Crippen LogP contribution in [0.3, 0.4) is 0 Å². The molecule has 1 heterocycles. The lowest BCUT2D eigenvalue weighted by Crippen LogP contribution is -2.13. The van der Waals surface area contributed by atoms with E-state index in [9.17, 15) is 13.6 Å². The van der Waals surface area contributed by atoms with Crippen molar-refractivity contribution < 1.29 is 13.6 Å². The van der Waals surface area contributed by atoms with Crippen LogP contribution in [0.5, 0.6) is 0 Å². The third-order valence-electron chi connectivity index (χ3n) is 2.64. The van der Waals surface area contributed by atoms with E-state index in [1.165, 1.54) is 12.1 Å². The Kier molecular flexibility index (Phi) is 2.66. The lowest BCUT2D eigenvalue weighted by Gasteiger charge is -2.08. The van der Waals surface area contributed by atoms with Crippen LogP contribution in [0, 0.1) is 0 Å². The van der Waals surface area contributed by atoms with Gasteiger partial charge in [0.25, 0.3) is 6.43 Å². The van der Waals surface area contributed by atoms with Gasteiger partial charge in [-0.15, -0.1) is 0 Å². The topological polar surface area (TPSA) is 29.1 Å². The molecule has 2 nitrogen and oxygen atoms in total.